The molecule has 0 saturated carbocycles. The van der Waals surface area contributed by atoms with Gasteiger partial charge < -0.3 is 10.2 Å². The minimum Gasteiger partial charge on any atom is -0.354 e. The van der Waals surface area contributed by atoms with Crippen LogP contribution in [0.5, 0.6) is 0 Å². The van der Waals surface area contributed by atoms with E-state index in [-0.39, 0.29) is 17.9 Å². The van der Waals surface area contributed by atoms with E-state index in [1.807, 2.05) is 45.3 Å². The summed E-state index contributed by atoms with van der Waals surface area (Å²) >= 11 is 5.29. The molecule has 0 saturated heterocycles. The van der Waals surface area contributed by atoms with Gasteiger partial charge in [0.25, 0.3) is 0 Å². The standard InChI is InChI=1S/C18H27N5OS/c1-13-6-8-14(9-7-13)16-20-21-17(25)23(16)10-15(24)19-11-18(2,3)12-22(4)5/h6-9H,10-12H2,1-5H3,(H,19,24)(H,21,25). The predicted molar refractivity (Wildman–Crippen MR) is 103 cm³/mol. The Morgan fingerprint density at radius 1 is 1.32 bits per heavy atom. The van der Waals surface area contributed by atoms with Crippen LogP contribution in [-0.2, 0) is 11.3 Å². The zero-order valence-corrected chi connectivity index (χ0v) is 16.4. The number of aromatic amines is 1. The fraction of sp³-hybridized carbons (Fsp3) is 0.500. The number of amides is 1. The van der Waals surface area contributed by atoms with E-state index in [4.69, 9.17) is 12.2 Å². The molecule has 1 heterocycles. The maximum atomic E-state index is 12.4. The van der Waals surface area contributed by atoms with E-state index < -0.39 is 0 Å². The van der Waals surface area contributed by atoms with Gasteiger partial charge in [-0.05, 0) is 38.7 Å². The number of hydrogen-bond acceptors (Lipinski definition) is 4. The molecule has 0 spiro atoms. The van der Waals surface area contributed by atoms with Crippen LogP contribution in [0.4, 0.5) is 0 Å². The number of benzene rings is 1. The molecule has 0 unspecified atom stereocenters. The van der Waals surface area contributed by atoms with Crippen molar-refractivity contribution >= 4 is 18.1 Å². The van der Waals surface area contributed by atoms with Crippen LogP contribution in [0, 0.1) is 17.1 Å². The molecule has 2 aromatic rings. The van der Waals surface area contributed by atoms with Crippen molar-refractivity contribution in [1.29, 1.82) is 0 Å². The average molecular weight is 362 g/mol. The topological polar surface area (TPSA) is 66.0 Å². The molecule has 0 radical (unpaired) electrons. The van der Waals surface area contributed by atoms with E-state index in [1.54, 1.807) is 4.57 Å². The van der Waals surface area contributed by atoms with Crippen molar-refractivity contribution in [3.05, 3.63) is 34.6 Å². The molecule has 7 heteroatoms. The van der Waals surface area contributed by atoms with Crippen molar-refractivity contribution in [2.45, 2.75) is 27.3 Å². The number of nitrogens with one attached hydrogen (secondary N) is 2. The third-order valence-electron chi connectivity index (χ3n) is 3.88. The second-order valence-corrected chi connectivity index (χ2v) is 7.87. The van der Waals surface area contributed by atoms with Crippen LogP contribution in [0.25, 0.3) is 11.4 Å². The van der Waals surface area contributed by atoms with Crippen LogP contribution < -0.4 is 5.32 Å². The fourth-order valence-corrected chi connectivity index (χ4v) is 3.03. The van der Waals surface area contributed by atoms with Gasteiger partial charge in [-0.1, -0.05) is 43.7 Å². The molecule has 2 rings (SSSR count). The summed E-state index contributed by atoms with van der Waals surface area (Å²) in [4.78, 5) is 14.5. The Labute approximate surface area is 154 Å². The van der Waals surface area contributed by atoms with E-state index in [0.29, 0.717) is 17.1 Å². The molecule has 136 valence electrons. The lowest BCUT2D eigenvalue weighted by Crippen LogP contribution is -2.41. The SMILES string of the molecule is Cc1ccc(-c2n[nH]c(=S)n2CC(=O)NCC(C)(C)CN(C)C)cc1. The highest BCUT2D eigenvalue weighted by molar-refractivity contribution is 7.71. The van der Waals surface area contributed by atoms with Crippen molar-refractivity contribution in [1.82, 2.24) is 25.0 Å². The van der Waals surface area contributed by atoms with Gasteiger partial charge in [0, 0.05) is 18.7 Å². The molecule has 0 bridgehead atoms. The summed E-state index contributed by atoms with van der Waals surface area (Å²) in [7, 11) is 4.06. The van der Waals surface area contributed by atoms with Crippen LogP contribution in [0.2, 0.25) is 0 Å². The van der Waals surface area contributed by atoms with E-state index >= 15 is 0 Å². The number of nitrogens with zero attached hydrogens (tertiary/aromatic N) is 3. The summed E-state index contributed by atoms with van der Waals surface area (Å²) in [6.07, 6.45) is 0. The first-order valence-electron chi connectivity index (χ1n) is 8.32. The third-order valence-corrected chi connectivity index (χ3v) is 4.19. The lowest BCUT2D eigenvalue weighted by molar-refractivity contribution is -0.122. The predicted octanol–water partition coefficient (Wildman–Crippen LogP) is 2.62. The number of aryl methyl sites for hydroxylation is 1. The zero-order valence-electron chi connectivity index (χ0n) is 15.6. The van der Waals surface area contributed by atoms with Crippen LogP contribution >= 0.6 is 12.2 Å². The smallest absolute Gasteiger partial charge is 0.240 e. The molecule has 0 atom stereocenters. The summed E-state index contributed by atoms with van der Waals surface area (Å²) in [5.41, 5.74) is 2.10. The van der Waals surface area contributed by atoms with E-state index in [1.165, 1.54) is 5.56 Å². The molecule has 0 aliphatic carbocycles. The number of rotatable bonds is 7. The Balaban J connectivity index is 2.08. The lowest BCUT2D eigenvalue weighted by Gasteiger charge is -2.28. The quantitative estimate of drug-likeness (QED) is 0.744. The van der Waals surface area contributed by atoms with Gasteiger partial charge in [0.05, 0.1) is 0 Å². The first kappa shape index (κ1) is 19.3. The largest absolute Gasteiger partial charge is 0.354 e. The lowest BCUT2D eigenvalue weighted by atomic mass is 9.93. The molecule has 25 heavy (non-hydrogen) atoms. The maximum Gasteiger partial charge on any atom is 0.240 e. The van der Waals surface area contributed by atoms with Gasteiger partial charge in [0.2, 0.25) is 5.91 Å². The number of carbonyl (C=O) groups excluding carboxylic acids is 1. The highest BCUT2D eigenvalue weighted by Gasteiger charge is 2.20. The Hall–Kier alpha value is -1.99. The van der Waals surface area contributed by atoms with Gasteiger partial charge in [0.15, 0.2) is 10.6 Å². The Kier molecular flexibility index (Phi) is 6.13. The molecule has 1 aromatic carbocycles. The highest BCUT2D eigenvalue weighted by atomic mass is 32.1. The Morgan fingerprint density at radius 2 is 1.96 bits per heavy atom. The van der Waals surface area contributed by atoms with Crippen LogP contribution in [0.15, 0.2) is 24.3 Å². The molecule has 0 aliphatic rings. The van der Waals surface area contributed by atoms with Gasteiger partial charge in [-0.2, -0.15) is 5.10 Å². The maximum absolute atomic E-state index is 12.4. The highest BCUT2D eigenvalue weighted by Crippen LogP contribution is 2.18. The second kappa shape index (κ2) is 7.93. The molecule has 0 aliphatic heterocycles. The van der Waals surface area contributed by atoms with Crippen molar-refractivity contribution < 1.29 is 4.79 Å². The van der Waals surface area contributed by atoms with Gasteiger partial charge in [0.1, 0.15) is 6.54 Å². The Bertz CT molecular complexity index is 774. The average Bonchev–Trinajstić information content (AvgIpc) is 2.86. The minimum atomic E-state index is -0.0716. The second-order valence-electron chi connectivity index (χ2n) is 7.48. The summed E-state index contributed by atoms with van der Waals surface area (Å²) in [5.74, 6) is 0.602. The summed E-state index contributed by atoms with van der Waals surface area (Å²) < 4.78 is 2.17. The van der Waals surface area contributed by atoms with Gasteiger partial charge in [-0.25, -0.2) is 0 Å². The van der Waals surface area contributed by atoms with Crippen LogP contribution in [0.3, 0.4) is 0 Å². The van der Waals surface area contributed by atoms with E-state index in [0.717, 1.165) is 12.1 Å². The van der Waals surface area contributed by atoms with Gasteiger partial charge in [-0.3, -0.25) is 14.5 Å². The zero-order chi connectivity index (χ0) is 18.6. The monoisotopic (exact) mass is 361 g/mol. The van der Waals surface area contributed by atoms with Crippen molar-refractivity contribution in [2.24, 2.45) is 5.41 Å². The number of carbonyl (C=O) groups is 1. The van der Waals surface area contributed by atoms with Gasteiger partial charge >= 0.3 is 0 Å². The first-order valence-corrected chi connectivity index (χ1v) is 8.72. The summed E-state index contributed by atoms with van der Waals surface area (Å²) in [6.45, 7) is 7.95. The molecular weight excluding hydrogens is 334 g/mol. The van der Waals surface area contributed by atoms with Crippen LogP contribution in [-0.4, -0.2) is 52.8 Å². The fourth-order valence-electron chi connectivity index (χ4n) is 2.84. The van der Waals surface area contributed by atoms with E-state index in [9.17, 15) is 4.79 Å². The summed E-state index contributed by atoms with van der Waals surface area (Å²) in [5, 5.41) is 10.1. The number of aromatic nitrogens is 3. The first-order chi connectivity index (χ1) is 11.7. The molecule has 2 N–H and O–H groups in total. The van der Waals surface area contributed by atoms with E-state index in [2.05, 4.69) is 34.3 Å². The normalized spacial score (nSPS) is 11.8. The molecule has 6 nitrogen and oxygen atoms in total. The molecule has 0 fully saturated rings. The molecule has 1 aromatic heterocycles. The number of H-pyrrole nitrogens is 1. The minimum absolute atomic E-state index is 0.00317. The van der Waals surface area contributed by atoms with Crippen molar-refractivity contribution in [3.63, 3.8) is 0 Å². The number of hydrogen-bond donors (Lipinski definition) is 2. The Morgan fingerprint density at radius 3 is 2.56 bits per heavy atom. The van der Waals surface area contributed by atoms with Crippen molar-refractivity contribution in [2.75, 3.05) is 27.2 Å². The van der Waals surface area contributed by atoms with Gasteiger partial charge in [-0.15, -0.1) is 0 Å². The van der Waals surface area contributed by atoms with Crippen LogP contribution in [0.1, 0.15) is 19.4 Å². The molecular formula is C18H27N5OS. The molecule has 1 amide bonds. The summed E-state index contributed by atoms with van der Waals surface area (Å²) in [6, 6.07) is 7.99. The third kappa shape index (κ3) is 5.51. The van der Waals surface area contributed by atoms with Crippen molar-refractivity contribution in [3.8, 4) is 11.4 Å².